The number of aliphatic hydroxyl groups is 5. The van der Waals surface area contributed by atoms with Crippen LogP contribution in [0.2, 0.25) is 0 Å². The second-order valence-electron chi connectivity index (χ2n) is 12.7. The largest absolute Gasteiger partial charge is 0.394 e. The molecule has 7 unspecified atom stereocenters. The number of hydrogen-bond acceptors (Lipinski definition) is 8. The fourth-order valence-electron chi connectivity index (χ4n) is 5.52. The van der Waals surface area contributed by atoms with Crippen LogP contribution in [-0.4, -0.2) is 87.5 Å². The van der Waals surface area contributed by atoms with Crippen LogP contribution in [0.15, 0.2) is 24.3 Å². The Hall–Kier alpha value is -1.33. The summed E-state index contributed by atoms with van der Waals surface area (Å²) in [5.41, 5.74) is 0. The molecule has 9 heteroatoms. The van der Waals surface area contributed by atoms with Gasteiger partial charge in [0.25, 0.3) is 0 Å². The molecule has 0 aromatic rings. The first-order chi connectivity index (χ1) is 21.8. The highest BCUT2D eigenvalue weighted by molar-refractivity contribution is 5.76. The molecule has 1 rings (SSSR count). The Balaban J connectivity index is 2.53. The zero-order valence-corrected chi connectivity index (χ0v) is 28.4. The summed E-state index contributed by atoms with van der Waals surface area (Å²) in [4.78, 5) is 12.8. The monoisotopic (exact) mass is 641 g/mol. The third-order valence-electron chi connectivity index (χ3n) is 8.53. The molecule has 7 atom stereocenters. The average Bonchev–Trinajstić information content (AvgIpc) is 3.04. The van der Waals surface area contributed by atoms with Gasteiger partial charge in [-0.1, -0.05) is 128 Å². The Morgan fingerprint density at radius 2 is 1.27 bits per heavy atom. The lowest BCUT2D eigenvalue weighted by atomic mass is 9.99. The molecule has 1 saturated heterocycles. The lowest BCUT2D eigenvalue weighted by molar-refractivity contribution is -0.302. The summed E-state index contributed by atoms with van der Waals surface area (Å²) in [6.45, 7) is 3.68. The molecular weight excluding hydrogens is 574 g/mol. The third-order valence-corrected chi connectivity index (χ3v) is 8.53. The second-order valence-corrected chi connectivity index (χ2v) is 12.7. The number of rotatable bonds is 28. The summed E-state index contributed by atoms with van der Waals surface area (Å²) in [5, 5.41) is 53.7. The SMILES string of the molecule is CCCCCCCCC/C=C/CC/C=C/C(O)C(COC1OC(CO)C(O)C(O)C1O)NC(=O)CCCCCCCCCCC. The van der Waals surface area contributed by atoms with Crippen LogP contribution in [0, 0.1) is 0 Å². The van der Waals surface area contributed by atoms with E-state index < -0.39 is 49.5 Å². The summed E-state index contributed by atoms with van der Waals surface area (Å²) in [5.74, 6) is -0.193. The van der Waals surface area contributed by atoms with Crippen molar-refractivity contribution in [2.45, 2.75) is 185 Å². The molecule has 264 valence electrons. The average molecular weight is 642 g/mol. The zero-order chi connectivity index (χ0) is 33.1. The lowest BCUT2D eigenvalue weighted by Gasteiger charge is -2.40. The topological polar surface area (TPSA) is 149 Å². The van der Waals surface area contributed by atoms with Gasteiger partial charge in [0.1, 0.15) is 24.4 Å². The minimum Gasteiger partial charge on any atom is -0.394 e. The molecule has 0 aromatic carbocycles. The predicted octanol–water partition coefficient (Wildman–Crippen LogP) is 5.60. The van der Waals surface area contributed by atoms with E-state index in [1.807, 2.05) is 6.08 Å². The number of ether oxygens (including phenoxy) is 2. The van der Waals surface area contributed by atoms with E-state index in [2.05, 4.69) is 31.3 Å². The molecule has 1 aliphatic rings. The van der Waals surface area contributed by atoms with E-state index in [0.29, 0.717) is 6.42 Å². The highest BCUT2D eigenvalue weighted by Crippen LogP contribution is 2.22. The van der Waals surface area contributed by atoms with Gasteiger partial charge < -0.3 is 40.3 Å². The quantitative estimate of drug-likeness (QED) is 0.0478. The van der Waals surface area contributed by atoms with Crippen LogP contribution in [-0.2, 0) is 14.3 Å². The van der Waals surface area contributed by atoms with Crippen molar-refractivity contribution in [3.63, 3.8) is 0 Å². The van der Waals surface area contributed by atoms with Gasteiger partial charge in [-0.3, -0.25) is 4.79 Å². The molecular formula is C36H67NO8. The maximum Gasteiger partial charge on any atom is 0.220 e. The van der Waals surface area contributed by atoms with E-state index in [9.17, 15) is 30.3 Å². The van der Waals surface area contributed by atoms with Gasteiger partial charge in [0.05, 0.1) is 25.4 Å². The predicted molar refractivity (Wildman–Crippen MR) is 180 cm³/mol. The molecule has 0 bridgehead atoms. The van der Waals surface area contributed by atoms with Gasteiger partial charge in [-0.05, 0) is 32.1 Å². The number of carbonyl (C=O) groups excluding carboxylic acids is 1. The van der Waals surface area contributed by atoms with Crippen LogP contribution < -0.4 is 5.32 Å². The molecule has 0 aliphatic carbocycles. The fourth-order valence-corrected chi connectivity index (χ4v) is 5.52. The normalized spacial score (nSPS) is 23.6. The molecule has 1 heterocycles. The van der Waals surface area contributed by atoms with Crippen LogP contribution in [0.5, 0.6) is 0 Å². The molecule has 0 saturated carbocycles. The number of unbranched alkanes of at least 4 members (excludes halogenated alkanes) is 16. The van der Waals surface area contributed by atoms with Crippen molar-refractivity contribution in [2.75, 3.05) is 13.2 Å². The number of nitrogens with one attached hydrogen (secondary N) is 1. The summed E-state index contributed by atoms with van der Waals surface area (Å²) in [6.07, 6.45) is 22.3. The van der Waals surface area contributed by atoms with Crippen molar-refractivity contribution >= 4 is 5.91 Å². The number of allylic oxidation sites excluding steroid dienone is 3. The fraction of sp³-hybridized carbons (Fsp3) is 0.861. The van der Waals surface area contributed by atoms with Gasteiger partial charge >= 0.3 is 0 Å². The first-order valence-electron chi connectivity index (χ1n) is 18.1. The van der Waals surface area contributed by atoms with Gasteiger partial charge in [-0.2, -0.15) is 0 Å². The van der Waals surface area contributed by atoms with E-state index in [4.69, 9.17) is 9.47 Å². The molecule has 9 nitrogen and oxygen atoms in total. The van der Waals surface area contributed by atoms with Crippen molar-refractivity contribution < 1.29 is 39.8 Å². The summed E-state index contributed by atoms with van der Waals surface area (Å²) in [7, 11) is 0. The summed E-state index contributed by atoms with van der Waals surface area (Å²) >= 11 is 0. The number of carbonyl (C=O) groups is 1. The van der Waals surface area contributed by atoms with Crippen molar-refractivity contribution in [3.8, 4) is 0 Å². The molecule has 1 amide bonds. The molecule has 45 heavy (non-hydrogen) atoms. The molecule has 0 aromatic heterocycles. The minimum atomic E-state index is -1.57. The van der Waals surface area contributed by atoms with E-state index in [1.54, 1.807) is 6.08 Å². The number of hydrogen-bond donors (Lipinski definition) is 6. The maximum absolute atomic E-state index is 12.8. The molecule has 0 spiro atoms. The number of amides is 1. The van der Waals surface area contributed by atoms with Crippen LogP contribution in [0.1, 0.15) is 142 Å². The van der Waals surface area contributed by atoms with Crippen LogP contribution >= 0.6 is 0 Å². The highest BCUT2D eigenvalue weighted by Gasteiger charge is 2.44. The van der Waals surface area contributed by atoms with Gasteiger partial charge in [-0.15, -0.1) is 0 Å². The van der Waals surface area contributed by atoms with Crippen molar-refractivity contribution in [1.29, 1.82) is 0 Å². The van der Waals surface area contributed by atoms with Crippen molar-refractivity contribution in [1.82, 2.24) is 5.32 Å². The molecule has 6 N–H and O–H groups in total. The third kappa shape index (κ3) is 19.8. The van der Waals surface area contributed by atoms with E-state index in [0.717, 1.165) is 38.5 Å². The van der Waals surface area contributed by atoms with E-state index in [-0.39, 0.29) is 12.5 Å². The van der Waals surface area contributed by atoms with Crippen LogP contribution in [0.4, 0.5) is 0 Å². The maximum atomic E-state index is 12.8. The highest BCUT2D eigenvalue weighted by atomic mass is 16.7. The first-order valence-corrected chi connectivity index (χ1v) is 18.1. The standard InChI is InChI=1S/C36H67NO8/c1-3-5-7-9-11-13-14-15-16-18-19-21-23-25-30(39)29(28-44-36-35(43)34(42)33(41)31(27-38)45-36)37-32(40)26-24-22-20-17-12-10-8-6-4-2/h16,18,23,25,29-31,33-36,38-39,41-43H,3-15,17,19-22,24,26-28H2,1-2H3,(H,37,40)/b18-16+,25-23+. The Bertz CT molecular complexity index is 761. The smallest absolute Gasteiger partial charge is 0.220 e. The van der Waals surface area contributed by atoms with Crippen molar-refractivity contribution in [2.24, 2.45) is 0 Å². The lowest BCUT2D eigenvalue weighted by Crippen LogP contribution is -2.60. The van der Waals surface area contributed by atoms with Crippen molar-refractivity contribution in [3.05, 3.63) is 24.3 Å². The molecule has 1 fully saturated rings. The summed E-state index contributed by atoms with van der Waals surface area (Å²) in [6, 6.07) is -0.812. The summed E-state index contributed by atoms with van der Waals surface area (Å²) < 4.78 is 11.1. The van der Waals surface area contributed by atoms with Gasteiger partial charge in [-0.25, -0.2) is 0 Å². The van der Waals surface area contributed by atoms with E-state index in [1.165, 1.54) is 83.5 Å². The molecule has 1 aliphatic heterocycles. The second kappa shape index (κ2) is 27.8. The Kier molecular flexibility index (Phi) is 25.7. The van der Waals surface area contributed by atoms with Crippen LogP contribution in [0.3, 0.4) is 0 Å². The van der Waals surface area contributed by atoms with Crippen LogP contribution in [0.25, 0.3) is 0 Å². The Morgan fingerprint density at radius 1 is 0.733 bits per heavy atom. The van der Waals surface area contributed by atoms with Gasteiger partial charge in [0.15, 0.2) is 6.29 Å². The Morgan fingerprint density at radius 3 is 1.87 bits per heavy atom. The van der Waals surface area contributed by atoms with E-state index >= 15 is 0 Å². The molecule has 0 radical (unpaired) electrons. The Labute approximate surface area is 273 Å². The van der Waals surface area contributed by atoms with Gasteiger partial charge in [0, 0.05) is 6.42 Å². The minimum absolute atomic E-state index is 0.193. The zero-order valence-electron chi connectivity index (χ0n) is 28.4. The number of aliphatic hydroxyl groups excluding tert-OH is 5. The van der Waals surface area contributed by atoms with Gasteiger partial charge in [0.2, 0.25) is 5.91 Å². The first kappa shape index (κ1) is 41.7.